The van der Waals surface area contributed by atoms with Gasteiger partial charge in [-0.1, -0.05) is 6.07 Å². The van der Waals surface area contributed by atoms with E-state index in [0.717, 1.165) is 73.8 Å². The van der Waals surface area contributed by atoms with E-state index < -0.39 is 0 Å². The van der Waals surface area contributed by atoms with Crippen molar-refractivity contribution in [3.05, 3.63) is 40.7 Å². The Morgan fingerprint density at radius 3 is 2.73 bits per heavy atom. The summed E-state index contributed by atoms with van der Waals surface area (Å²) < 4.78 is 19.2. The van der Waals surface area contributed by atoms with Crippen molar-refractivity contribution in [2.24, 2.45) is 13.0 Å². The lowest BCUT2D eigenvalue weighted by Crippen LogP contribution is -2.49. The largest absolute Gasteiger partial charge is 0.497 e. The Labute approximate surface area is 195 Å². The summed E-state index contributed by atoms with van der Waals surface area (Å²) in [5, 5.41) is 7.61. The first-order chi connectivity index (χ1) is 16.0. The molecule has 3 heterocycles. The number of hydrogen-bond donors (Lipinski definition) is 1. The molecule has 1 saturated heterocycles. The second-order valence-electron chi connectivity index (χ2n) is 9.65. The minimum atomic E-state index is -0.178. The van der Waals surface area contributed by atoms with Crippen molar-refractivity contribution in [2.45, 2.75) is 50.9 Å². The minimum absolute atomic E-state index is 0.0680. The average molecular weight is 455 g/mol. The zero-order valence-electron chi connectivity index (χ0n) is 19.9. The van der Waals surface area contributed by atoms with Gasteiger partial charge >= 0.3 is 0 Å². The number of likely N-dealkylation sites (tertiary alicyclic amines) is 1. The number of piperidine rings is 1. The fourth-order valence-corrected chi connectivity index (χ4v) is 5.05. The number of aryl methyl sites for hydroxylation is 1. The Balaban J connectivity index is 1.22. The third kappa shape index (κ3) is 4.59. The molecule has 0 unspecified atom stereocenters. The van der Waals surface area contributed by atoms with Gasteiger partial charge in [-0.25, -0.2) is 0 Å². The first-order valence-corrected chi connectivity index (χ1v) is 11.9. The van der Waals surface area contributed by atoms with Crippen LogP contribution in [0.25, 0.3) is 0 Å². The second kappa shape index (κ2) is 8.99. The normalized spacial score (nSPS) is 19.8. The Hall–Kier alpha value is -2.58. The molecule has 1 saturated carbocycles. The molecule has 2 aromatic rings. The SMILES string of the molecule is COc1ccc(CN2CCC3(CC2)Cc2c(c(C(=O)NCC4CC4)nn2C)CO3)c(OC)c1. The van der Waals surface area contributed by atoms with Gasteiger partial charge in [0.25, 0.3) is 5.91 Å². The average Bonchev–Trinajstić information content (AvgIpc) is 3.62. The molecule has 1 spiro atoms. The first kappa shape index (κ1) is 22.2. The zero-order valence-corrected chi connectivity index (χ0v) is 19.9. The van der Waals surface area contributed by atoms with Crippen molar-refractivity contribution in [1.82, 2.24) is 20.0 Å². The van der Waals surface area contributed by atoms with Crippen molar-refractivity contribution in [3.63, 3.8) is 0 Å². The number of nitrogens with one attached hydrogen (secondary N) is 1. The monoisotopic (exact) mass is 454 g/mol. The molecule has 2 fully saturated rings. The lowest BCUT2D eigenvalue weighted by Gasteiger charge is -2.44. The second-order valence-corrected chi connectivity index (χ2v) is 9.65. The maximum atomic E-state index is 12.7. The van der Waals surface area contributed by atoms with E-state index in [1.165, 1.54) is 12.8 Å². The van der Waals surface area contributed by atoms with Gasteiger partial charge < -0.3 is 19.5 Å². The van der Waals surface area contributed by atoms with Crippen LogP contribution < -0.4 is 14.8 Å². The number of amides is 1. The number of hydrogen-bond acceptors (Lipinski definition) is 6. The van der Waals surface area contributed by atoms with Crippen LogP contribution >= 0.6 is 0 Å². The number of rotatable bonds is 7. The molecular weight excluding hydrogens is 420 g/mol. The van der Waals surface area contributed by atoms with Crippen molar-refractivity contribution in [3.8, 4) is 11.5 Å². The Bertz CT molecular complexity index is 1020. The Morgan fingerprint density at radius 2 is 2.03 bits per heavy atom. The molecule has 1 aromatic carbocycles. The molecule has 0 bridgehead atoms. The molecule has 0 atom stereocenters. The van der Waals surface area contributed by atoms with E-state index in [1.54, 1.807) is 14.2 Å². The maximum Gasteiger partial charge on any atom is 0.272 e. The van der Waals surface area contributed by atoms with E-state index in [1.807, 2.05) is 23.9 Å². The molecule has 178 valence electrons. The van der Waals surface area contributed by atoms with Gasteiger partial charge in [0.15, 0.2) is 5.69 Å². The summed E-state index contributed by atoms with van der Waals surface area (Å²) >= 11 is 0. The lowest BCUT2D eigenvalue weighted by molar-refractivity contribution is -0.104. The maximum absolute atomic E-state index is 12.7. The van der Waals surface area contributed by atoms with Gasteiger partial charge in [0.1, 0.15) is 11.5 Å². The lowest BCUT2D eigenvalue weighted by atomic mass is 9.83. The number of nitrogens with zero attached hydrogens (tertiary/aromatic N) is 3. The number of benzene rings is 1. The van der Waals surface area contributed by atoms with Crippen LogP contribution in [0.5, 0.6) is 11.5 Å². The molecule has 5 rings (SSSR count). The smallest absolute Gasteiger partial charge is 0.272 e. The summed E-state index contributed by atoms with van der Waals surface area (Å²) in [5.74, 6) is 2.24. The van der Waals surface area contributed by atoms with E-state index in [-0.39, 0.29) is 11.5 Å². The molecule has 1 aromatic heterocycles. The number of methoxy groups -OCH3 is 2. The molecule has 8 nitrogen and oxygen atoms in total. The highest BCUT2D eigenvalue weighted by atomic mass is 16.5. The van der Waals surface area contributed by atoms with Crippen molar-refractivity contribution < 1.29 is 19.0 Å². The first-order valence-electron chi connectivity index (χ1n) is 11.9. The van der Waals surface area contributed by atoms with E-state index >= 15 is 0 Å². The van der Waals surface area contributed by atoms with Crippen LogP contribution in [0.4, 0.5) is 0 Å². The topological polar surface area (TPSA) is 77.9 Å². The zero-order chi connectivity index (χ0) is 23.0. The van der Waals surface area contributed by atoms with E-state index in [4.69, 9.17) is 14.2 Å². The highest BCUT2D eigenvalue weighted by molar-refractivity contribution is 5.94. The number of aromatic nitrogens is 2. The molecule has 1 aliphatic carbocycles. The molecule has 2 aliphatic heterocycles. The quantitative estimate of drug-likeness (QED) is 0.693. The van der Waals surface area contributed by atoms with Crippen molar-refractivity contribution in [1.29, 1.82) is 0 Å². The third-order valence-electron chi connectivity index (χ3n) is 7.41. The highest BCUT2D eigenvalue weighted by Crippen LogP contribution is 2.38. The molecule has 33 heavy (non-hydrogen) atoms. The number of ether oxygens (including phenoxy) is 3. The Morgan fingerprint density at radius 1 is 1.24 bits per heavy atom. The summed E-state index contributed by atoms with van der Waals surface area (Å²) in [4.78, 5) is 15.1. The number of fused-ring (bicyclic) bond motifs is 1. The molecule has 8 heteroatoms. The van der Waals surface area contributed by atoms with Crippen LogP contribution in [-0.4, -0.2) is 60.0 Å². The van der Waals surface area contributed by atoms with Crippen LogP contribution in [0.2, 0.25) is 0 Å². The summed E-state index contributed by atoms with van der Waals surface area (Å²) in [6.45, 7) is 3.96. The van der Waals surface area contributed by atoms with Gasteiger partial charge in [-0.2, -0.15) is 5.10 Å². The summed E-state index contributed by atoms with van der Waals surface area (Å²) in [5.41, 5.74) is 3.62. The van der Waals surface area contributed by atoms with E-state index in [9.17, 15) is 4.79 Å². The molecule has 1 N–H and O–H groups in total. The summed E-state index contributed by atoms with van der Waals surface area (Å²) in [7, 11) is 5.31. The molecule has 1 amide bonds. The van der Waals surface area contributed by atoms with Crippen LogP contribution in [-0.2, 0) is 31.4 Å². The van der Waals surface area contributed by atoms with Crippen LogP contribution in [0, 0.1) is 5.92 Å². The van der Waals surface area contributed by atoms with Crippen LogP contribution in [0.3, 0.4) is 0 Å². The van der Waals surface area contributed by atoms with Crippen molar-refractivity contribution >= 4 is 5.91 Å². The van der Waals surface area contributed by atoms with Crippen LogP contribution in [0.15, 0.2) is 18.2 Å². The number of carbonyl (C=O) groups excluding carboxylic acids is 1. The van der Waals surface area contributed by atoms with Gasteiger partial charge in [-0.05, 0) is 37.7 Å². The van der Waals surface area contributed by atoms with Crippen molar-refractivity contribution in [2.75, 3.05) is 33.9 Å². The van der Waals surface area contributed by atoms with Gasteiger partial charge in [0, 0.05) is 62.5 Å². The fourth-order valence-electron chi connectivity index (χ4n) is 5.05. The predicted molar refractivity (Wildman–Crippen MR) is 124 cm³/mol. The van der Waals surface area contributed by atoms with Crippen LogP contribution in [0.1, 0.15) is 53.0 Å². The molecular formula is C25H34N4O4. The molecule has 3 aliphatic rings. The standard InChI is InChI=1S/C25H34N4O4/c1-28-21-13-25(33-16-20(21)23(27-28)24(30)26-14-17-4-5-17)8-10-29(11-9-25)15-18-6-7-19(31-2)12-22(18)32-3/h6-7,12,17H,4-5,8-11,13-16H2,1-3H3,(H,26,30). The van der Waals surface area contributed by atoms with Gasteiger partial charge in [0.05, 0.1) is 26.4 Å². The van der Waals surface area contributed by atoms with E-state index in [2.05, 4.69) is 21.4 Å². The fraction of sp³-hybridized carbons (Fsp3) is 0.600. The highest BCUT2D eigenvalue weighted by Gasteiger charge is 2.42. The Kier molecular flexibility index (Phi) is 6.05. The van der Waals surface area contributed by atoms with Gasteiger partial charge in [-0.3, -0.25) is 14.4 Å². The number of carbonyl (C=O) groups is 1. The summed E-state index contributed by atoms with van der Waals surface area (Å²) in [6, 6.07) is 6.00. The van der Waals surface area contributed by atoms with Gasteiger partial charge in [-0.15, -0.1) is 0 Å². The third-order valence-corrected chi connectivity index (χ3v) is 7.41. The minimum Gasteiger partial charge on any atom is -0.497 e. The predicted octanol–water partition coefficient (Wildman–Crippen LogP) is 2.68. The van der Waals surface area contributed by atoms with E-state index in [0.29, 0.717) is 18.2 Å². The van der Waals surface area contributed by atoms with Gasteiger partial charge in [0.2, 0.25) is 0 Å². The summed E-state index contributed by atoms with van der Waals surface area (Å²) in [6.07, 6.45) is 5.16. The molecule has 0 radical (unpaired) electrons.